The van der Waals surface area contributed by atoms with E-state index in [9.17, 15) is 14.4 Å². The average molecular weight is 411 g/mol. The number of amides is 3. The van der Waals surface area contributed by atoms with Crippen LogP contribution in [0.25, 0.3) is 0 Å². The number of likely N-dealkylation sites (tertiary alicyclic amines) is 1. The van der Waals surface area contributed by atoms with Crippen molar-refractivity contribution < 1.29 is 23.9 Å². The van der Waals surface area contributed by atoms with Gasteiger partial charge in [-0.25, -0.2) is 0 Å². The Morgan fingerprint density at radius 1 is 1.23 bits per heavy atom. The van der Waals surface area contributed by atoms with Gasteiger partial charge < -0.3 is 24.2 Å². The van der Waals surface area contributed by atoms with Gasteiger partial charge in [-0.15, -0.1) is 0 Å². The molecule has 0 aromatic heterocycles. The van der Waals surface area contributed by atoms with E-state index in [0.29, 0.717) is 32.8 Å². The quantitative estimate of drug-likeness (QED) is 0.645. The lowest BCUT2D eigenvalue weighted by Crippen LogP contribution is -2.54. The number of piperazine rings is 1. The Bertz CT molecular complexity index is 903. The molecule has 30 heavy (non-hydrogen) atoms. The summed E-state index contributed by atoms with van der Waals surface area (Å²) in [6, 6.07) is 9.46. The van der Waals surface area contributed by atoms with Crippen LogP contribution >= 0.6 is 0 Å². The van der Waals surface area contributed by atoms with E-state index in [1.807, 2.05) is 42.5 Å². The minimum atomic E-state index is -0.745. The van der Waals surface area contributed by atoms with Crippen LogP contribution < -0.4 is 4.74 Å². The van der Waals surface area contributed by atoms with Crippen LogP contribution in [0.5, 0.6) is 5.75 Å². The molecule has 0 saturated carbocycles. The average Bonchev–Trinajstić information content (AvgIpc) is 3.39. The first kappa shape index (κ1) is 19.1. The summed E-state index contributed by atoms with van der Waals surface area (Å²) in [4.78, 5) is 43.5. The zero-order chi connectivity index (χ0) is 20.9. The molecule has 1 aromatic carbocycles. The topological polar surface area (TPSA) is 79.4 Å². The maximum atomic E-state index is 13.3. The molecule has 8 heteroatoms. The molecule has 3 saturated heterocycles. The van der Waals surface area contributed by atoms with Crippen molar-refractivity contribution in [1.82, 2.24) is 14.7 Å². The molecular weight excluding hydrogens is 386 g/mol. The number of fused-ring (bicyclic) bond motifs is 1. The van der Waals surface area contributed by atoms with Gasteiger partial charge in [-0.2, -0.15) is 0 Å². The van der Waals surface area contributed by atoms with Crippen molar-refractivity contribution in [2.75, 3.05) is 46.4 Å². The van der Waals surface area contributed by atoms with Crippen molar-refractivity contribution >= 4 is 17.7 Å². The number of hydrogen-bond donors (Lipinski definition) is 0. The predicted octanol–water partition coefficient (Wildman–Crippen LogP) is 0.148. The predicted molar refractivity (Wildman–Crippen MR) is 106 cm³/mol. The van der Waals surface area contributed by atoms with Crippen LogP contribution in [-0.4, -0.2) is 90.5 Å². The van der Waals surface area contributed by atoms with E-state index in [4.69, 9.17) is 9.47 Å². The van der Waals surface area contributed by atoms with Crippen molar-refractivity contribution in [3.05, 3.63) is 42.5 Å². The zero-order valence-corrected chi connectivity index (χ0v) is 16.9. The van der Waals surface area contributed by atoms with E-state index in [1.165, 1.54) is 0 Å². The van der Waals surface area contributed by atoms with Gasteiger partial charge in [0.25, 0.3) is 0 Å². The highest BCUT2D eigenvalue weighted by atomic mass is 16.5. The summed E-state index contributed by atoms with van der Waals surface area (Å²) in [6.07, 6.45) is 3.44. The highest BCUT2D eigenvalue weighted by Gasteiger charge is 2.67. The molecular formula is C22H25N3O5. The van der Waals surface area contributed by atoms with Crippen LogP contribution in [-0.2, 0) is 19.1 Å². The first-order valence-corrected chi connectivity index (χ1v) is 10.3. The number of benzene rings is 1. The Morgan fingerprint density at radius 3 is 2.80 bits per heavy atom. The number of carbonyl (C=O) groups excluding carboxylic acids is 3. The summed E-state index contributed by atoms with van der Waals surface area (Å²) >= 11 is 0. The number of nitrogens with zero attached hydrogens (tertiary/aromatic N) is 3. The normalized spacial score (nSPS) is 32.2. The number of carbonyl (C=O) groups is 3. The summed E-state index contributed by atoms with van der Waals surface area (Å²) in [5, 5.41) is 0. The largest absolute Gasteiger partial charge is 0.492 e. The van der Waals surface area contributed by atoms with Gasteiger partial charge in [-0.3, -0.25) is 14.4 Å². The van der Waals surface area contributed by atoms with Gasteiger partial charge in [0.05, 0.1) is 37.6 Å². The Balaban J connectivity index is 1.28. The number of rotatable bonds is 5. The minimum absolute atomic E-state index is 0.0603. The van der Waals surface area contributed by atoms with Crippen molar-refractivity contribution in [3.63, 3.8) is 0 Å². The van der Waals surface area contributed by atoms with Crippen molar-refractivity contribution in [3.8, 4) is 5.75 Å². The summed E-state index contributed by atoms with van der Waals surface area (Å²) in [7, 11) is 1.73. The lowest BCUT2D eigenvalue weighted by atomic mass is 9.76. The molecule has 8 nitrogen and oxygen atoms in total. The molecule has 0 radical (unpaired) electrons. The van der Waals surface area contributed by atoms with Gasteiger partial charge in [0.15, 0.2) is 0 Å². The first-order valence-electron chi connectivity index (χ1n) is 10.3. The molecule has 4 heterocycles. The van der Waals surface area contributed by atoms with Gasteiger partial charge in [0.1, 0.15) is 18.0 Å². The molecule has 0 N–H and O–H groups in total. The monoisotopic (exact) mass is 411 g/mol. The smallest absolute Gasteiger partial charge is 0.241 e. The SMILES string of the molecule is CN1CCN(C(=O)C2C3C(=O)N(CCOc4ccccc4)C[C@]34C=C[C@H]2O4)CC1=O. The Morgan fingerprint density at radius 2 is 2.03 bits per heavy atom. The number of hydrogen-bond acceptors (Lipinski definition) is 5. The van der Waals surface area contributed by atoms with E-state index in [0.717, 1.165) is 5.75 Å². The van der Waals surface area contributed by atoms with E-state index >= 15 is 0 Å². The molecule has 3 amide bonds. The molecule has 158 valence electrons. The van der Waals surface area contributed by atoms with Crippen LogP contribution in [0.3, 0.4) is 0 Å². The highest BCUT2D eigenvalue weighted by Crippen LogP contribution is 2.52. The second kappa shape index (κ2) is 7.12. The molecule has 4 aliphatic heterocycles. The third-order valence-electron chi connectivity index (χ3n) is 6.61. The number of likely N-dealkylation sites (N-methyl/N-ethyl adjacent to an activating group) is 1. The molecule has 1 aromatic rings. The molecule has 4 atom stereocenters. The third kappa shape index (κ3) is 2.98. The van der Waals surface area contributed by atoms with Gasteiger partial charge in [-0.1, -0.05) is 30.4 Å². The zero-order valence-electron chi connectivity index (χ0n) is 16.9. The van der Waals surface area contributed by atoms with Crippen LogP contribution in [0.4, 0.5) is 0 Å². The minimum Gasteiger partial charge on any atom is -0.492 e. The van der Waals surface area contributed by atoms with Crippen LogP contribution in [0.2, 0.25) is 0 Å². The van der Waals surface area contributed by atoms with Gasteiger partial charge in [0.2, 0.25) is 17.7 Å². The fourth-order valence-corrected chi connectivity index (χ4v) is 5.00. The molecule has 3 fully saturated rings. The van der Waals surface area contributed by atoms with E-state index in [-0.39, 0.29) is 24.3 Å². The van der Waals surface area contributed by atoms with Crippen molar-refractivity contribution in [2.45, 2.75) is 11.7 Å². The Kier molecular flexibility index (Phi) is 4.54. The Labute approximate surface area is 175 Å². The van der Waals surface area contributed by atoms with E-state index in [1.54, 1.807) is 21.7 Å². The molecule has 2 bridgehead atoms. The Hall–Kier alpha value is -2.87. The summed E-state index contributed by atoms with van der Waals surface area (Å²) in [6.45, 7) is 2.28. The molecule has 4 aliphatic rings. The second-order valence-electron chi connectivity index (χ2n) is 8.40. The highest BCUT2D eigenvalue weighted by molar-refractivity contribution is 5.94. The number of para-hydroxylation sites is 1. The summed E-state index contributed by atoms with van der Waals surface area (Å²) in [5.74, 6) is -0.662. The number of ether oxygens (including phenoxy) is 2. The fraction of sp³-hybridized carbons (Fsp3) is 0.500. The lowest BCUT2D eigenvalue weighted by molar-refractivity contribution is -0.149. The maximum Gasteiger partial charge on any atom is 0.241 e. The summed E-state index contributed by atoms with van der Waals surface area (Å²) < 4.78 is 11.9. The van der Waals surface area contributed by atoms with Crippen molar-refractivity contribution in [1.29, 1.82) is 0 Å². The molecule has 0 aliphatic carbocycles. The van der Waals surface area contributed by atoms with Gasteiger partial charge >= 0.3 is 0 Å². The maximum absolute atomic E-state index is 13.3. The lowest BCUT2D eigenvalue weighted by Gasteiger charge is -2.35. The van der Waals surface area contributed by atoms with E-state index < -0.39 is 23.5 Å². The summed E-state index contributed by atoms with van der Waals surface area (Å²) in [5.41, 5.74) is -0.745. The molecule has 2 unspecified atom stereocenters. The van der Waals surface area contributed by atoms with Crippen LogP contribution in [0.1, 0.15) is 0 Å². The van der Waals surface area contributed by atoms with Crippen LogP contribution in [0, 0.1) is 11.8 Å². The second-order valence-corrected chi connectivity index (χ2v) is 8.40. The molecule has 5 rings (SSSR count). The van der Waals surface area contributed by atoms with Gasteiger partial charge in [0, 0.05) is 20.1 Å². The fourth-order valence-electron chi connectivity index (χ4n) is 5.00. The van der Waals surface area contributed by atoms with Crippen LogP contribution in [0.15, 0.2) is 42.5 Å². The standard InChI is InChI=1S/C22H25N3O5/c1-23-9-10-24(13-17(23)26)20(27)18-16-7-8-22(30-16)14-25(21(28)19(18)22)11-12-29-15-5-3-2-4-6-15/h2-8,16,18-19H,9-14H2,1H3/t16-,18?,19?,22-/m1/s1. The van der Waals surface area contributed by atoms with Gasteiger partial charge in [-0.05, 0) is 12.1 Å². The third-order valence-corrected chi connectivity index (χ3v) is 6.61. The molecule has 1 spiro atoms. The van der Waals surface area contributed by atoms with E-state index in [2.05, 4.69) is 0 Å². The van der Waals surface area contributed by atoms with Crippen molar-refractivity contribution in [2.24, 2.45) is 11.8 Å². The first-order chi connectivity index (χ1) is 14.5.